The SMILES string of the molecule is COc1ccc(OC)c([C@@H](C)NC(=O)C2CCN(S(=O)(=O)Cc3ccc(Cl)c(Cl)c3)CC2)c1. The summed E-state index contributed by atoms with van der Waals surface area (Å²) in [6, 6.07) is 9.94. The molecule has 1 N–H and O–H groups in total. The van der Waals surface area contributed by atoms with E-state index in [-0.39, 0.29) is 23.6 Å². The number of nitrogens with zero attached hydrogens (tertiary/aromatic N) is 1. The van der Waals surface area contributed by atoms with Crippen molar-refractivity contribution in [2.24, 2.45) is 5.92 Å². The average molecular weight is 515 g/mol. The third-order valence-corrected chi connectivity index (χ3v) is 8.40. The van der Waals surface area contributed by atoms with Crippen molar-refractivity contribution in [2.45, 2.75) is 31.6 Å². The minimum absolute atomic E-state index is 0.103. The van der Waals surface area contributed by atoms with Gasteiger partial charge in [-0.25, -0.2) is 12.7 Å². The van der Waals surface area contributed by atoms with Gasteiger partial charge in [0.05, 0.1) is 36.1 Å². The molecule has 0 aromatic heterocycles. The maximum Gasteiger partial charge on any atom is 0.223 e. The van der Waals surface area contributed by atoms with E-state index >= 15 is 0 Å². The smallest absolute Gasteiger partial charge is 0.223 e. The minimum Gasteiger partial charge on any atom is -0.497 e. The van der Waals surface area contributed by atoms with Crippen LogP contribution < -0.4 is 14.8 Å². The van der Waals surface area contributed by atoms with Crippen molar-refractivity contribution in [3.8, 4) is 11.5 Å². The number of nitrogens with one attached hydrogen (secondary N) is 1. The average Bonchev–Trinajstić information content (AvgIpc) is 2.80. The molecule has 0 spiro atoms. The molecule has 2 aromatic rings. The summed E-state index contributed by atoms with van der Waals surface area (Å²) in [5, 5.41) is 3.73. The summed E-state index contributed by atoms with van der Waals surface area (Å²) in [5.41, 5.74) is 1.39. The van der Waals surface area contributed by atoms with Crippen molar-refractivity contribution in [3.05, 3.63) is 57.6 Å². The van der Waals surface area contributed by atoms with Crippen LogP contribution in [0, 0.1) is 5.92 Å². The Bertz CT molecular complexity index is 1100. The molecule has 2 aromatic carbocycles. The number of sulfonamides is 1. The van der Waals surface area contributed by atoms with Gasteiger partial charge in [0.25, 0.3) is 0 Å². The summed E-state index contributed by atoms with van der Waals surface area (Å²) < 4.78 is 37.8. The van der Waals surface area contributed by atoms with Crippen molar-refractivity contribution in [1.29, 1.82) is 0 Å². The molecule has 1 heterocycles. The molecule has 1 aliphatic rings. The van der Waals surface area contributed by atoms with Crippen LogP contribution in [0.1, 0.15) is 36.9 Å². The van der Waals surface area contributed by atoms with Crippen molar-refractivity contribution in [1.82, 2.24) is 9.62 Å². The Balaban J connectivity index is 1.59. The van der Waals surface area contributed by atoms with Gasteiger partial charge in [-0.1, -0.05) is 29.3 Å². The van der Waals surface area contributed by atoms with Gasteiger partial charge in [-0.15, -0.1) is 0 Å². The number of rotatable bonds is 8. The van der Waals surface area contributed by atoms with Crippen LogP contribution in [0.15, 0.2) is 36.4 Å². The Morgan fingerprint density at radius 2 is 1.79 bits per heavy atom. The molecule has 0 aliphatic carbocycles. The first-order chi connectivity index (χ1) is 15.6. The predicted molar refractivity (Wildman–Crippen MR) is 129 cm³/mol. The number of methoxy groups -OCH3 is 2. The molecular formula is C23H28Cl2N2O5S. The lowest BCUT2D eigenvalue weighted by Gasteiger charge is -2.31. The fourth-order valence-corrected chi connectivity index (χ4v) is 5.79. The zero-order valence-electron chi connectivity index (χ0n) is 18.8. The van der Waals surface area contributed by atoms with Crippen molar-refractivity contribution >= 4 is 39.1 Å². The van der Waals surface area contributed by atoms with Gasteiger partial charge in [0.2, 0.25) is 15.9 Å². The highest BCUT2D eigenvalue weighted by Crippen LogP contribution is 2.30. The van der Waals surface area contributed by atoms with Gasteiger partial charge in [0.15, 0.2) is 0 Å². The number of amides is 1. The third kappa shape index (κ3) is 6.32. The second-order valence-corrected chi connectivity index (χ2v) is 10.8. The van der Waals surface area contributed by atoms with E-state index in [0.29, 0.717) is 53.0 Å². The zero-order valence-corrected chi connectivity index (χ0v) is 21.1. The summed E-state index contributed by atoms with van der Waals surface area (Å²) in [6.45, 7) is 2.46. The number of carbonyl (C=O) groups is 1. The van der Waals surface area contributed by atoms with Gasteiger partial charge in [0.1, 0.15) is 11.5 Å². The van der Waals surface area contributed by atoms with Crippen LogP contribution in [0.2, 0.25) is 10.0 Å². The van der Waals surface area contributed by atoms with Crippen molar-refractivity contribution in [2.75, 3.05) is 27.3 Å². The summed E-state index contributed by atoms with van der Waals surface area (Å²) in [4.78, 5) is 12.9. The molecule has 1 atom stereocenters. The van der Waals surface area contributed by atoms with Crippen LogP contribution >= 0.6 is 23.2 Å². The molecule has 1 saturated heterocycles. The van der Waals surface area contributed by atoms with Crippen LogP contribution in [0.3, 0.4) is 0 Å². The van der Waals surface area contributed by atoms with Gasteiger partial charge in [-0.05, 0) is 55.7 Å². The van der Waals surface area contributed by atoms with Crippen LogP contribution in [0.5, 0.6) is 11.5 Å². The van der Waals surface area contributed by atoms with Gasteiger partial charge in [0, 0.05) is 24.6 Å². The van der Waals surface area contributed by atoms with E-state index in [1.165, 1.54) is 4.31 Å². The number of ether oxygens (including phenoxy) is 2. The highest BCUT2D eigenvalue weighted by Gasteiger charge is 2.32. The molecule has 0 unspecified atom stereocenters. The first kappa shape index (κ1) is 25.6. The largest absolute Gasteiger partial charge is 0.497 e. The number of hydrogen-bond acceptors (Lipinski definition) is 5. The molecule has 3 rings (SSSR count). The Morgan fingerprint density at radius 1 is 1.09 bits per heavy atom. The second-order valence-electron chi connectivity index (χ2n) is 8.02. The van der Waals surface area contributed by atoms with Gasteiger partial charge >= 0.3 is 0 Å². The maximum absolute atomic E-state index is 12.9. The highest BCUT2D eigenvalue weighted by atomic mass is 35.5. The lowest BCUT2D eigenvalue weighted by Crippen LogP contribution is -2.43. The second kappa shape index (κ2) is 11.0. The zero-order chi connectivity index (χ0) is 24.2. The molecule has 0 bridgehead atoms. The molecule has 0 radical (unpaired) electrons. The molecule has 1 aliphatic heterocycles. The number of halogens is 2. The molecule has 1 fully saturated rings. The first-order valence-corrected chi connectivity index (χ1v) is 12.9. The molecular weight excluding hydrogens is 487 g/mol. The van der Waals surface area contributed by atoms with Crippen LogP contribution in [-0.2, 0) is 20.6 Å². The quantitative estimate of drug-likeness (QED) is 0.563. The van der Waals surface area contributed by atoms with Crippen LogP contribution in [0.25, 0.3) is 0 Å². The Kier molecular flexibility index (Phi) is 8.50. The summed E-state index contributed by atoms with van der Waals surface area (Å²) in [6.07, 6.45) is 0.906. The van der Waals surface area contributed by atoms with Gasteiger partial charge in [-0.3, -0.25) is 4.79 Å². The predicted octanol–water partition coefficient (Wildman–Crippen LogP) is 4.43. The normalized spacial score (nSPS) is 16.3. The Labute approximate surface area is 205 Å². The summed E-state index contributed by atoms with van der Waals surface area (Å²) in [5.74, 6) is 0.807. The van der Waals surface area contributed by atoms with Crippen LogP contribution in [0.4, 0.5) is 0 Å². The Morgan fingerprint density at radius 3 is 2.39 bits per heavy atom. The maximum atomic E-state index is 12.9. The van der Waals surface area contributed by atoms with E-state index in [2.05, 4.69) is 5.32 Å². The standard InChI is InChI=1S/C23H28Cl2N2O5S/c1-15(19-13-18(31-2)5-7-22(19)32-3)26-23(28)17-8-10-27(11-9-17)33(29,30)14-16-4-6-20(24)21(25)12-16/h4-7,12-13,15,17H,8-11,14H2,1-3H3,(H,26,28)/t15-/m1/s1. The molecule has 7 nitrogen and oxygen atoms in total. The van der Waals surface area contributed by atoms with Gasteiger partial charge in [-0.2, -0.15) is 0 Å². The van der Waals surface area contributed by atoms with Gasteiger partial charge < -0.3 is 14.8 Å². The van der Waals surface area contributed by atoms with E-state index in [0.717, 1.165) is 5.56 Å². The number of piperidine rings is 1. The molecule has 180 valence electrons. The molecule has 1 amide bonds. The lowest BCUT2D eigenvalue weighted by atomic mass is 9.96. The summed E-state index contributed by atoms with van der Waals surface area (Å²) in [7, 11) is -0.369. The van der Waals surface area contributed by atoms with Crippen molar-refractivity contribution in [3.63, 3.8) is 0 Å². The molecule has 10 heteroatoms. The van der Waals surface area contributed by atoms with Crippen LogP contribution in [-0.4, -0.2) is 45.9 Å². The topological polar surface area (TPSA) is 84.9 Å². The van der Waals surface area contributed by atoms with E-state index in [1.54, 1.807) is 44.6 Å². The fraction of sp³-hybridized carbons (Fsp3) is 0.435. The van der Waals surface area contributed by atoms with E-state index in [9.17, 15) is 13.2 Å². The first-order valence-electron chi connectivity index (χ1n) is 10.6. The number of carbonyl (C=O) groups excluding carboxylic acids is 1. The van der Waals surface area contributed by atoms with E-state index < -0.39 is 10.0 Å². The van der Waals surface area contributed by atoms with E-state index in [1.807, 2.05) is 13.0 Å². The lowest BCUT2D eigenvalue weighted by molar-refractivity contribution is -0.126. The number of benzene rings is 2. The van der Waals surface area contributed by atoms with Crippen molar-refractivity contribution < 1.29 is 22.7 Å². The molecule has 0 saturated carbocycles. The summed E-state index contributed by atoms with van der Waals surface area (Å²) >= 11 is 11.9. The van der Waals surface area contributed by atoms with E-state index in [4.69, 9.17) is 32.7 Å². The monoisotopic (exact) mass is 514 g/mol. The Hall–Kier alpha value is -2.00. The highest BCUT2D eigenvalue weighted by molar-refractivity contribution is 7.88. The fourth-order valence-electron chi connectivity index (χ4n) is 3.91. The molecule has 33 heavy (non-hydrogen) atoms. The number of hydrogen-bond donors (Lipinski definition) is 1. The third-order valence-electron chi connectivity index (χ3n) is 5.81. The minimum atomic E-state index is -3.53.